The van der Waals surface area contributed by atoms with Crippen molar-refractivity contribution in [2.45, 2.75) is 6.92 Å². The summed E-state index contributed by atoms with van der Waals surface area (Å²) in [5, 5.41) is 13.9. The predicted octanol–water partition coefficient (Wildman–Crippen LogP) is 3.13. The van der Waals surface area contributed by atoms with Crippen molar-refractivity contribution in [1.29, 1.82) is 0 Å². The fourth-order valence-corrected chi connectivity index (χ4v) is 1.63. The number of para-hydroxylation sites is 1. The molecule has 1 aromatic heterocycles. The molecule has 6 nitrogen and oxygen atoms in total. The highest BCUT2D eigenvalue weighted by molar-refractivity contribution is 5.52. The lowest BCUT2D eigenvalue weighted by atomic mass is 10.2. The molecular formula is C13H13N3O3. The highest BCUT2D eigenvalue weighted by Gasteiger charge is 2.18. The van der Waals surface area contributed by atoms with Gasteiger partial charge in [0.15, 0.2) is 0 Å². The minimum atomic E-state index is -0.468. The molecule has 2 aromatic rings. The molecule has 0 spiro atoms. The fourth-order valence-electron chi connectivity index (χ4n) is 1.63. The number of nitro groups is 1. The summed E-state index contributed by atoms with van der Waals surface area (Å²) in [4.78, 5) is 14.7. The third-order valence-corrected chi connectivity index (χ3v) is 2.57. The summed E-state index contributed by atoms with van der Waals surface area (Å²) in [5.41, 5.74) is 0.613. The van der Waals surface area contributed by atoms with Crippen LogP contribution in [0.2, 0.25) is 0 Å². The Morgan fingerprint density at radius 2 is 2.00 bits per heavy atom. The van der Waals surface area contributed by atoms with Crippen LogP contribution in [-0.2, 0) is 0 Å². The maximum absolute atomic E-state index is 11.0. The Morgan fingerprint density at radius 1 is 1.26 bits per heavy atom. The van der Waals surface area contributed by atoms with Crippen LogP contribution in [0.3, 0.4) is 0 Å². The number of anilines is 1. The second kappa shape index (κ2) is 5.34. The van der Waals surface area contributed by atoms with Gasteiger partial charge in [-0.1, -0.05) is 18.2 Å². The topological polar surface area (TPSA) is 77.3 Å². The number of ether oxygens (including phenoxy) is 1. The van der Waals surface area contributed by atoms with Crippen LogP contribution < -0.4 is 10.1 Å². The number of pyridine rings is 1. The number of aryl methyl sites for hydroxylation is 1. The first-order chi connectivity index (χ1) is 9.11. The number of benzene rings is 1. The molecule has 0 fully saturated rings. The lowest BCUT2D eigenvalue weighted by Crippen LogP contribution is -1.98. The van der Waals surface area contributed by atoms with Gasteiger partial charge in [-0.2, -0.15) is 4.98 Å². The van der Waals surface area contributed by atoms with E-state index in [1.165, 1.54) is 6.07 Å². The Kier molecular flexibility index (Phi) is 3.61. The molecule has 0 aliphatic carbocycles. The van der Waals surface area contributed by atoms with Crippen molar-refractivity contribution < 1.29 is 9.66 Å². The van der Waals surface area contributed by atoms with E-state index >= 15 is 0 Å². The molecule has 0 saturated carbocycles. The maximum Gasteiger partial charge on any atom is 0.311 e. The van der Waals surface area contributed by atoms with Crippen LogP contribution in [0.15, 0.2) is 36.4 Å². The highest BCUT2D eigenvalue weighted by Crippen LogP contribution is 2.33. The number of nitrogens with zero attached hydrogens (tertiary/aromatic N) is 2. The van der Waals surface area contributed by atoms with Gasteiger partial charge in [-0.05, 0) is 18.6 Å². The van der Waals surface area contributed by atoms with E-state index in [0.717, 1.165) is 0 Å². The Labute approximate surface area is 110 Å². The van der Waals surface area contributed by atoms with Crippen LogP contribution in [-0.4, -0.2) is 17.0 Å². The number of hydrogen-bond acceptors (Lipinski definition) is 5. The summed E-state index contributed by atoms with van der Waals surface area (Å²) in [6.07, 6.45) is 0. The zero-order chi connectivity index (χ0) is 13.8. The van der Waals surface area contributed by atoms with E-state index in [9.17, 15) is 10.1 Å². The largest absolute Gasteiger partial charge is 0.431 e. The summed E-state index contributed by atoms with van der Waals surface area (Å²) >= 11 is 0. The van der Waals surface area contributed by atoms with Crippen LogP contribution in [0.25, 0.3) is 0 Å². The predicted molar refractivity (Wildman–Crippen MR) is 71.7 cm³/mol. The third kappa shape index (κ3) is 2.79. The Morgan fingerprint density at radius 3 is 2.68 bits per heavy atom. The number of hydrogen-bond donors (Lipinski definition) is 1. The van der Waals surface area contributed by atoms with Gasteiger partial charge in [0.25, 0.3) is 0 Å². The minimum Gasteiger partial charge on any atom is -0.431 e. The van der Waals surface area contributed by atoms with E-state index in [1.54, 1.807) is 44.3 Å². The lowest BCUT2D eigenvalue weighted by Gasteiger charge is -2.09. The zero-order valence-corrected chi connectivity index (χ0v) is 10.6. The molecular weight excluding hydrogens is 246 g/mol. The molecule has 1 N–H and O–H groups in total. The lowest BCUT2D eigenvalue weighted by molar-refractivity contribution is -0.385. The molecule has 0 unspecified atom stereocenters. The smallest absolute Gasteiger partial charge is 0.311 e. The molecule has 0 atom stereocenters. The standard InChI is InChI=1S/C13H13N3O3/c1-9-5-3-6-10(16(17)18)13(9)19-12-8-4-7-11(14-2)15-12/h3-8H,1-2H3,(H,14,15). The minimum absolute atomic E-state index is 0.0725. The van der Waals surface area contributed by atoms with Gasteiger partial charge in [-0.25, -0.2) is 0 Å². The molecule has 0 aliphatic heterocycles. The van der Waals surface area contributed by atoms with Crippen molar-refractivity contribution in [2.24, 2.45) is 0 Å². The summed E-state index contributed by atoms with van der Waals surface area (Å²) in [5.74, 6) is 1.16. The molecule has 1 aromatic carbocycles. The van der Waals surface area contributed by atoms with Crippen LogP contribution in [0.4, 0.5) is 11.5 Å². The van der Waals surface area contributed by atoms with Gasteiger partial charge in [0, 0.05) is 19.2 Å². The number of rotatable bonds is 4. The maximum atomic E-state index is 11.0. The molecule has 0 bridgehead atoms. The van der Waals surface area contributed by atoms with Crippen molar-refractivity contribution in [3.05, 3.63) is 52.1 Å². The van der Waals surface area contributed by atoms with Gasteiger partial charge >= 0.3 is 5.69 Å². The molecule has 19 heavy (non-hydrogen) atoms. The summed E-state index contributed by atoms with van der Waals surface area (Å²) in [6, 6.07) is 9.97. The molecule has 0 aliphatic rings. The summed E-state index contributed by atoms with van der Waals surface area (Å²) < 4.78 is 5.55. The molecule has 98 valence electrons. The van der Waals surface area contributed by atoms with Crippen molar-refractivity contribution in [3.8, 4) is 11.6 Å². The quantitative estimate of drug-likeness (QED) is 0.674. The average molecular weight is 259 g/mol. The van der Waals surface area contributed by atoms with Crippen molar-refractivity contribution in [2.75, 3.05) is 12.4 Å². The van der Waals surface area contributed by atoms with E-state index in [1.807, 2.05) is 0 Å². The van der Waals surface area contributed by atoms with Gasteiger partial charge < -0.3 is 10.1 Å². The van der Waals surface area contributed by atoms with Crippen LogP contribution in [0.5, 0.6) is 11.6 Å². The van der Waals surface area contributed by atoms with Crippen molar-refractivity contribution in [1.82, 2.24) is 4.98 Å². The molecule has 1 heterocycles. The van der Waals surface area contributed by atoms with Crippen LogP contribution in [0, 0.1) is 17.0 Å². The molecule has 0 saturated heterocycles. The number of nitro benzene ring substituents is 1. The van der Waals surface area contributed by atoms with Gasteiger partial charge in [0.05, 0.1) is 4.92 Å². The normalized spacial score (nSPS) is 10.0. The second-order valence-corrected chi connectivity index (χ2v) is 3.89. The van der Waals surface area contributed by atoms with E-state index in [2.05, 4.69) is 10.3 Å². The van der Waals surface area contributed by atoms with E-state index in [0.29, 0.717) is 17.3 Å². The third-order valence-electron chi connectivity index (χ3n) is 2.57. The molecule has 0 amide bonds. The first kappa shape index (κ1) is 12.8. The highest BCUT2D eigenvalue weighted by atomic mass is 16.6. The molecule has 2 rings (SSSR count). The SMILES string of the molecule is CNc1cccc(Oc2c(C)cccc2[N+](=O)[O-])n1. The number of nitrogens with one attached hydrogen (secondary N) is 1. The van der Waals surface area contributed by atoms with Gasteiger partial charge in [-0.15, -0.1) is 0 Å². The summed E-state index contributed by atoms with van der Waals surface area (Å²) in [6.45, 7) is 1.75. The first-order valence-electron chi connectivity index (χ1n) is 5.68. The average Bonchev–Trinajstić information content (AvgIpc) is 2.41. The van der Waals surface area contributed by atoms with Gasteiger partial charge in [0.1, 0.15) is 5.82 Å². The van der Waals surface area contributed by atoms with Crippen molar-refractivity contribution >= 4 is 11.5 Å². The number of aromatic nitrogens is 1. The Bertz CT molecular complexity index is 614. The zero-order valence-electron chi connectivity index (χ0n) is 10.6. The van der Waals surface area contributed by atoms with E-state index in [4.69, 9.17) is 4.74 Å². The van der Waals surface area contributed by atoms with Crippen LogP contribution >= 0.6 is 0 Å². The monoisotopic (exact) mass is 259 g/mol. The first-order valence-corrected chi connectivity index (χ1v) is 5.68. The second-order valence-electron chi connectivity index (χ2n) is 3.89. The molecule has 6 heteroatoms. The Balaban J connectivity index is 2.40. The van der Waals surface area contributed by atoms with E-state index < -0.39 is 4.92 Å². The van der Waals surface area contributed by atoms with Crippen LogP contribution in [0.1, 0.15) is 5.56 Å². The molecule has 0 radical (unpaired) electrons. The van der Waals surface area contributed by atoms with Crippen molar-refractivity contribution in [3.63, 3.8) is 0 Å². The van der Waals surface area contributed by atoms with Gasteiger partial charge in [-0.3, -0.25) is 10.1 Å². The van der Waals surface area contributed by atoms with Gasteiger partial charge in [0.2, 0.25) is 11.6 Å². The summed E-state index contributed by atoms with van der Waals surface area (Å²) in [7, 11) is 1.74. The van der Waals surface area contributed by atoms with E-state index in [-0.39, 0.29) is 11.4 Å². The Hall–Kier alpha value is -2.63. The fraction of sp³-hybridized carbons (Fsp3) is 0.154.